The van der Waals surface area contributed by atoms with Crippen LogP contribution in [-0.4, -0.2) is 39.7 Å². The summed E-state index contributed by atoms with van der Waals surface area (Å²) in [5.41, 5.74) is 0.183. The summed E-state index contributed by atoms with van der Waals surface area (Å²) < 4.78 is 4.71. The van der Waals surface area contributed by atoms with E-state index < -0.39 is 13.1 Å². The van der Waals surface area contributed by atoms with Crippen molar-refractivity contribution in [3.8, 4) is 0 Å². The summed E-state index contributed by atoms with van der Waals surface area (Å²) in [4.78, 5) is 18.6. The van der Waals surface area contributed by atoms with Crippen molar-refractivity contribution >= 4 is 18.6 Å². The van der Waals surface area contributed by atoms with Gasteiger partial charge in [-0.1, -0.05) is 0 Å². The van der Waals surface area contributed by atoms with Crippen molar-refractivity contribution in [2.75, 3.05) is 6.61 Å². The van der Waals surface area contributed by atoms with Crippen molar-refractivity contribution < 1.29 is 19.6 Å². The van der Waals surface area contributed by atoms with E-state index in [1.165, 1.54) is 12.4 Å². The van der Waals surface area contributed by atoms with Crippen LogP contribution in [0.25, 0.3) is 0 Å². The lowest BCUT2D eigenvalue weighted by atomic mass is 9.83. The average Bonchev–Trinajstić information content (AvgIpc) is 2.18. The quantitative estimate of drug-likeness (QED) is 0.452. The fraction of sp³-hybridized carbons (Fsp3) is 0.375. The summed E-state index contributed by atoms with van der Waals surface area (Å²) in [5, 5.41) is 17.5. The van der Waals surface area contributed by atoms with Crippen LogP contribution in [0.2, 0.25) is 0 Å². The molecule has 0 saturated carbocycles. The van der Waals surface area contributed by atoms with Crippen LogP contribution in [0.15, 0.2) is 12.4 Å². The summed E-state index contributed by atoms with van der Waals surface area (Å²) in [6.07, 6.45) is 2.49. The first-order valence-electron chi connectivity index (χ1n) is 4.46. The third-order valence-electron chi connectivity index (χ3n) is 1.63. The van der Waals surface area contributed by atoms with Crippen molar-refractivity contribution in [1.29, 1.82) is 0 Å². The van der Waals surface area contributed by atoms with Gasteiger partial charge in [0.2, 0.25) is 0 Å². The Morgan fingerprint density at radius 2 is 2.07 bits per heavy atom. The molecule has 0 aromatic carbocycles. The van der Waals surface area contributed by atoms with Crippen LogP contribution in [0.4, 0.5) is 0 Å². The van der Waals surface area contributed by atoms with E-state index in [0.29, 0.717) is 6.61 Å². The van der Waals surface area contributed by atoms with Crippen LogP contribution in [0.5, 0.6) is 0 Å². The molecule has 15 heavy (non-hydrogen) atoms. The van der Waals surface area contributed by atoms with E-state index in [1.807, 2.05) is 0 Å². The van der Waals surface area contributed by atoms with Gasteiger partial charge in [-0.25, -0.2) is 9.97 Å². The number of hydrogen-bond acceptors (Lipinski definition) is 6. The molecule has 2 N–H and O–H groups in total. The highest BCUT2D eigenvalue weighted by Gasteiger charge is 2.12. The molecular weight excluding hydrogens is 199 g/mol. The molecule has 1 heterocycles. The van der Waals surface area contributed by atoms with E-state index in [0.717, 1.165) is 0 Å². The molecule has 0 bridgehead atoms. The number of carbonyl (C=O) groups excluding carboxylic acids is 1. The van der Waals surface area contributed by atoms with E-state index >= 15 is 0 Å². The van der Waals surface area contributed by atoms with Gasteiger partial charge < -0.3 is 14.8 Å². The number of ether oxygens (including phenoxy) is 1. The molecule has 0 amide bonds. The number of aromatic nitrogens is 2. The number of hydrogen-bond donors (Lipinski definition) is 2. The van der Waals surface area contributed by atoms with E-state index in [1.54, 1.807) is 6.92 Å². The normalized spacial score (nSPS) is 9.80. The van der Waals surface area contributed by atoms with Crippen molar-refractivity contribution in [2.24, 2.45) is 0 Å². The summed E-state index contributed by atoms with van der Waals surface area (Å²) >= 11 is 0. The Kier molecular flexibility index (Phi) is 4.20. The van der Waals surface area contributed by atoms with E-state index in [-0.39, 0.29) is 17.7 Å². The average molecular weight is 210 g/mol. The maximum atomic E-state index is 11.0. The largest absolute Gasteiger partial charge is 0.491 e. The fourth-order valence-corrected chi connectivity index (χ4v) is 0.930. The van der Waals surface area contributed by atoms with Crippen LogP contribution in [0, 0.1) is 0 Å². The van der Waals surface area contributed by atoms with Gasteiger partial charge in [0.05, 0.1) is 6.61 Å². The summed E-state index contributed by atoms with van der Waals surface area (Å²) in [6, 6.07) is 0. The SMILES string of the molecule is CCOC(=O)Cc1ncc(B(O)O)cn1. The zero-order chi connectivity index (χ0) is 11.3. The predicted molar refractivity (Wildman–Crippen MR) is 52.2 cm³/mol. The maximum absolute atomic E-state index is 11.0. The van der Waals surface area contributed by atoms with Crippen molar-refractivity contribution in [2.45, 2.75) is 13.3 Å². The summed E-state index contributed by atoms with van der Waals surface area (Å²) in [5.74, 6) is -0.118. The molecule has 1 aromatic heterocycles. The lowest BCUT2D eigenvalue weighted by Gasteiger charge is -2.01. The standard InChI is InChI=1S/C8H11BN2O4/c1-2-15-8(12)3-7-10-4-6(5-11-7)9(13)14/h4-5,13-14H,2-3H2,1H3. The van der Waals surface area contributed by atoms with E-state index in [4.69, 9.17) is 14.8 Å². The minimum Gasteiger partial charge on any atom is -0.466 e. The van der Waals surface area contributed by atoms with Crippen LogP contribution in [0.3, 0.4) is 0 Å². The second-order valence-corrected chi connectivity index (χ2v) is 2.79. The van der Waals surface area contributed by atoms with Gasteiger partial charge in [0.1, 0.15) is 12.2 Å². The van der Waals surface area contributed by atoms with Crippen molar-refractivity contribution in [1.82, 2.24) is 9.97 Å². The Morgan fingerprint density at radius 1 is 1.47 bits per heavy atom. The minimum absolute atomic E-state index is 0.0182. The highest BCUT2D eigenvalue weighted by atomic mass is 16.5. The lowest BCUT2D eigenvalue weighted by molar-refractivity contribution is -0.142. The maximum Gasteiger partial charge on any atom is 0.491 e. The number of esters is 1. The highest BCUT2D eigenvalue weighted by molar-refractivity contribution is 6.58. The molecule has 0 unspecified atom stereocenters. The van der Waals surface area contributed by atoms with Gasteiger partial charge in [0.15, 0.2) is 0 Å². The van der Waals surface area contributed by atoms with Crippen molar-refractivity contribution in [3.05, 3.63) is 18.2 Å². The molecule has 0 aliphatic heterocycles. The molecule has 0 spiro atoms. The molecule has 0 aliphatic rings. The summed E-state index contributed by atoms with van der Waals surface area (Å²) in [7, 11) is -1.60. The van der Waals surface area contributed by atoms with Gasteiger partial charge in [0, 0.05) is 17.9 Å². The van der Waals surface area contributed by atoms with E-state index in [9.17, 15) is 4.79 Å². The Hall–Kier alpha value is -1.47. The third kappa shape index (κ3) is 3.65. The summed E-state index contributed by atoms with van der Waals surface area (Å²) in [6.45, 7) is 2.02. The molecule has 0 atom stereocenters. The van der Waals surface area contributed by atoms with Gasteiger partial charge in [-0.15, -0.1) is 0 Å². The zero-order valence-electron chi connectivity index (χ0n) is 8.25. The van der Waals surface area contributed by atoms with Crippen LogP contribution in [-0.2, 0) is 16.0 Å². The molecule has 1 aromatic rings. The highest BCUT2D eigenvalue weighted by Crippen LogP contribution is 1.91. The van der Waals surface area contributed by atoms with E-state index in [2.05, 4.69) is 9.97 Å². The molecule has 0 saturated heterocycles. The topological polar surface area (TPSA) is 92.5 Å². The zero-order valence-corrected chi connectivity index (χ0v) is 8.25. The van der Waals surface area contributed by atoms with Crippen LogP contribution in [0.1, 0.15) is 12.7 Å². The molecule has 0 radical (unpaired) electrons. The molecule has 7 heteroatoms. The monoisotopic (exact) mass is 210 g/mol. The second-order valence-electron chi connectivity index (χ2n) is 2.79. The molecule has 0 aliphatic carbocycles. The first kappa shape index (κ1) is 11.6. The Balaban J connectivity index is 2.60. The smallest absolute Gasteiger partial charge is 0.466 e. The first-order chi connectivity index (χ1) is 7.13. The lowest BCUT2D eigenvalue weighted by Crippen LogP contribution is -2.31. The fourth-order valence-electron chi connectivity index (χ4n) is 0.930. The Labute approximate surface area is 87.1 Å². The van der Waals surface area contributed by atoms with Gasteiger partial charge in [0.25, 0.3) is 0 Å². The van der Waals surface area contributed by atoms with Gasteiger partial charge >= 0.3 is 13.1 Å². The second kappa shape index (κ2) is 5.42. The third-order valence-corrected chi connectivity index (χ3v) is 1.63. The molecule has 80 valence electrons. The number of rotatable bonds is 4. The number of carbonyl (C=O) groups is 1. The van der Waals surface area contributed by atoms with Crippen LogP contribution < -0.4 is 5.46 Å². The molecule has 1 rings (SSSR count). The molecule has 6 nitrogen and oxygen atoms in total. The predicted octanol–water partition coefficient (Wildman–Crippen LogP) is -1.74. The Bertz CT molecular complexity index is 328. The Morgan fingerprint density at radius 3 is 2.53 bits per heavy atom. The first-order valence-corrected chi connectivity index (χ1v) is 4.46. The van der Waals surface area contributed by atoms with Gasteiger partial charge in [-0.2, -0.15) is 0 Å². The minimum atomic E-state index is -1.60. The molecule has 0 fully saturated rings. The van der Waals surface area contributed by atoms with Gasteiger partial charge in [-0.3, -0.25) is 4.79 Å². The number of nitrogens with zero attached hydrogens (tertiary/aromatic N) is 2. The van der Waals surface area contributed by atoms with Gasteiger partial charge in [-0.05, 0) is 6.92 Å². The van der Waals surface area contributed by atoms with Crippen LogP contribution >= 0.6 is 0 Å². The van der Waals surface area contributed by atoms with Crippen molar-refractivity contribution in [3.63, 3.8) is 0 Å². The molecular formula is C8H11BN2O4.